The monoisotopic (exact) mass is 1380 g/mol. The molecule has 0 aliphatic carbocycles. The number of esters is 4. The maximum absolute atomic E-state index is 13.1. The Labute approximate surface area is 575 Å². The lowest BCUT2D eigenvalue weighted by Crippen LogP contribution is -2.30. The highest BCUT2D eigenvalue weighted by Crippen LogP contribution is 2.45. The summed E-state index contributed by atoms with van der Waals surface area (Å²) < 4.78 is 68.4. The minimum atomic E-state index is -4.96. The molecule has 0 saturated heterocycles. The Kier molecular flexibility index (Phi) is 64.3. The first-order valence-electron chi connectivity index (χ1n) is 38.8. The number of unbranched alkanes of at least 4 members (excludes halogenated alkanes) is 41. The minimum Gasteiger partial charge on any atom is -0.462 e. The number of phosphoric ester groups is 2. The second kappa shape index (κ2) is 65.7. The first-order valence-corrected chi connectivity index (χ1v) is 41.8. The number of rotatable bonds is 73. The van der Waals surface area contributed by atoms with Crippen molar-refractivity contribution in [2.45, 2.75) is 401 Å². The van der Waals surface area contributed by atoms with Crippen LogP contribution in [0.2, 0.25) is 0 Å². The second-order valence-electron chi connectivity index (χ2n) is 28.5. The van der Waals surface area contributed by atoms with E-state index in [0.717, 1.165) is 120 Å². The number of ether oxygens (including phenoxy) is 4. The maximum Gasteiger partial charge on any atom is 0.472 e. The first-order chi connectivity index (χ1) is 45.2. The van der Waals surface area contributed by atoms with Crippen molar-refractivity contribution in [3.05, 3.63) is 0 Å². The number of carbonyl (C=O) groups excluding carboxylic acids is 4. The molecule has 558 valence electrons. The number of hydrogen-bond donors (Lipinski definition) is 3. The summed E-state index contributed by atoms with van der Waals surface area (Å²) in [7, 11) is -9.90. The molecule has 94 heavy (non-hydrogen) atoms. The number of aliphatic hydroxyl groups is 1. The number of carbonyl (C=O) groups is 4. The van der Waals surface area contributed by atoms with Gasteiger partial charge in [-0.1, -0.05) is 331 Å². The van der Waals surface area contributed by atoms with Crippen molar-refractivity contribution >= 4 is 39.5 Å². The zero-order valence-corrected chi connectivity index (χ0v) is 63.2. The van der Waals surface area contributed by atoms with Crippen LogP contribution in [0.4, 0.5) is 0 Å². The topological polar surface area (TPSA) is 237 Å². The zero-order chi connectivity index (χ0) is 69.4. The third kappa shape index (κ3) is 68.6. The van der Waals surface area contributed by atoms with E-state index in [9.17, 15) is 43.2 Å². The van der Waals surface area contributed by atoms with Gasteiger partial charge in [-0.2, -0.15) is 0 Å². The van der Waals surface area contributed by atoms with Gasteiger partial charge in [-0.15, -0.1) is 0 Å². The SMILES string of the molecule is CCCCCCCCCC(=O)OC[C@H](COP(=O)(O)OC[C@H](O)COP(=O)(O)OC[C@@H](COC(=O)CCCCCCCCCCCCCCCCC(C)C)OC(=O)CCCCCCCCCCCCCCCCCC(C)C)OC(=O)CCCCCCCCCCCC(C)C. The third-order valence-electron chi connectivity index (χ3n) is 17.4. The molecule has 0 aliphatic heterocycles. The van der Waals surface area contributed by atoms with Gasteiger partial charge in [0.25, 0.3) is 0 Å². The van der Waals surface area contributed by atoms with Gasteiger partial charge in [0.15, 0.2) is 12.2 Å². The van der Waals surface area contributed by atoms with Crippen molar-refractivity contribution < 1.29 is 80.2 Å². The fraction of sp³-hybridized carbons (Fsp3) is 0.947. The van der Waals surface area contributed by atoms with E-state index in [1.807, 2.05) is 0 Å². The van der Waals surface area contributed by atoms with Gasteiger partial charge >= 0.3 is 39.5 Å². The van der Waals surface area contributed by atoms with Gasteiger partial charge in [0, 0.05) is 25.7 Å². The average Bonchev–Trinajstić information content (AvgIpc) is 1.28. The van der Waals surface area contributed by atoms with E-state index >= 15 is 0 Å². The highest BCUT2D eigenvalue weighted by molar-refractivity contribution is 7.47. The van der Waals surface area contributed by atoms with Crippen molar-refractivity contribution in [3.8, 4) is 0 Å². The Morgan fingerprint density at radius 1 is 0.287 bits per heavy atom. The van der Waals surface area contributed by atoms with Crippen LogP contribution >= 0.6 is 15.6 Å². The molecule has 0 amide bonds. The van der Waals surface area contributed by atoms with Gasteiger partial charge in [-0.25, -0.2) is 9.13 Å². The summed E-state index contributed by atoms with van der Waals surface area (Å²) in [6.45, 7) is 11.9. The molecule has 0 heterocycles. The molecule has 0 fully saturated rings. The lowest BCUT2D eigenvalue weighted by atomic mass is 10.0. The van der Waals surface area contributed by atoms with Crippen molar-refractivity contribution in [2.75, 3.05) is 39.6 Å². The maximum atomic E-state index is 13.1. The fourth-order valence-electron chi connectivity index (χ4n) is 11.4. The van der Waals surface area contributed by atoms with E-state index in [0.29, 0.717) is 25.7 Å². The van der Waals surface area contributed by atoms with Crippen LogP contribution in [-0.2, 0) is 65.4 Å². The van der Waals surface area contributed by atoms with Gasteiger partial charge < -0.3 is 33.8 Å². The molecule has 0 bridgehead atoms. The van der Waals surface area contributed by atoms with Crippen molar-refractivity contribution in [3.63, 3.8) is 0 Å². The molecule has 19 heteroatoms. The molecule has 3 N–H and O–H groups in total. The smallest absolute Gasteiger partial charge is 0.462 e. The Balaban J connectivity index is 5.20. The van der Waals surface area contributed by atoms with Crippen LogP contribution in [0.15, 0.2) is 0 Å². The van der Waals surface area contributed by atoms with Crippen molar-refractivity contribution in [2.24, 2.45) is 17.8 Å². The number of aliphatic hydroxyl groups excluding tert-OH is 1. The summed E-state index contributed by atoms with van der Waals surface area (Å²) in [6, 6.07) is 0. The van der Waals surface area contributed by atoms with Gasteiger partial charge in [0.1, 0.15) is 19.3 Å². The van der Waals surface area contributed by atoms with E-state index in [4.69, 9.17) is 37.0 Å². The molecule has 5 atom stereocenters. The van der Waals surface area contributed by atoms with E-state index in [-0.39, 0.29) is 25.7 Å². The van der Waals surface area contributed by atoms with Crippen LogP contribution in [-0.4, -0.2) is 96.7 Å². The van der Waals surface area contributed by atoms with E-state index < -0.39 is 97.5 Å². The standard InChI is InChI=1S/C75H146O17P2/c1-8-9-10-11-32-42-49-56-72(77)85-62-70(91-75(80)59-52-45-38-31-25-28-35-41-48-55-68(6)7)64-89-93(81,82)87-60-69(76)61-88-94(83,84)90-65-71(63-86-73(78)57-50-43-36-29-23-19-16-15-18-22-27-34-40-47-54-67(4)5)92-74(79)58-51-44-37-30-24-20-14-12-13-17-21-26-33-39-46-53-66(2)3/h66-71,76H,8-65H2,1-7H3,(H,81,82)(H,83,84)/t69-,70+,71+/m0/s1. The van der Waals surface area contributed by atoms with Crippen molar-refractivity contribution in [1.29, 1.82) is 0 Å². The van der Waals surface area contributed by atoms with Crippen LogP contribution in [0.1, 0.15) is 382 Å². The van der Waals surface area contributed by atoms with Gasteiger partial charge in [-0.3, -0.25) is 37.3 Å². The molecule has 0 saturated carbocycles. The van der Waals surface area contributed by atoms with E-state index in [1.165, 1.54) is 180 Å². The average molecular weight is 1380 g/mol. The Bertz CT molecular complexity index is 1840. The summed E-state index contributed by atoms with van der Waals surface area (Å²) in [4.78, 5) is 72.6. The molecule has 0 spiro atoms. The number of hydrogen-bond acceptors (Lipinski definition) is 15. The van der Waals surface area contributed by atoms with Gasteiger partial charge in [-0.05, 0) is 43.4 Å². The van der Waals surface area contributed by atoms with Gasteiger partial charge in [0.2, 0.25) is 0 Å². The Morgan fingerprint density at radius 3 is 0.723 bits per heavy atom. The molecule has 0 aromatic rings. The molecule has 17 nitrogen and oxygen atoms in total. The Morgan fingerprint density at radius 2 is 0.489 bits per heavy atom. The summed E-state index contributed by atoms with van der Waals surface area (Å²) in [5, 5.41) is 10.6. The summed E-state index contributed by atoms with van der Waals surface area (Å²) in [5.41, 5.74) is 0. The molecule has 0 rings (SSSR count). The summed E-state index contributed by atoms with van der Waals surface area (Å²) in [5.74, 6) is 0.215. The molecular weight excluding hydrogens is 1230 g/mol. The molecular formula is C75H146O17P2. The molecule has 2 unspecified atom stereocenters. The highest BCUT2D eigenvalue weighted by Gasteiger charge is 2.30. The van der Waals surface area contributed by atoms with E-state index in [1.54, 1.807) is 0 Å². The van der Waals surface area contributed by atoms with Crippen LogP contribution in [0.5, 0.6) is 0 Å². The molecule has 0 radical (unpaired) electrons. The quantitative estimate of drug-likeness (QED) is 0.0222. The van der Waals surface area contributed by atoms with E-state index in [2.05, 4.69) is 48.5 Å². The lowest BCUT2D eigenvalue weighted by molar-refractivity contribution is -0.161. The van der Waals surface area contributed by atoms with Crippen LogP contribution in [0.25, 0.3) is 0 Å². The predicted octanol–water partition coefficient (Wildman–Crippen LogP) is 21.8. The van der Waals surface area contributed by atoms with Gasteiger partial charge in [0.05, 0.1) is 26.4 Å². The minimum absolute atomic E-state index is 0.105. The lowest BCUT2D eigenvalue weighted by Gasteiger charge is -2.21. The zero-order valence-electron chi connectivity index (χ0n) is 61.4. The van der Waals surface area contributed by atoms with Crippen LogP contribution in [0, 0.1) is 17.8 Å². The largest absolute Gasteiger partial charge is 0.472 e. The molecule has 0 aliphatic rings. The summed E-state index contributed by atoms with van der Waals surface area (Å²) >= 11 is 0. The summed E-state index contributed by atoms with van der Waals surface area (Å²) in [6.07, 6.45) is 51.5. The third-order valence-corrected chi connectivity index (χ3v) is 19.3. The second-order valence-corrected chi connectivity index (χ2v) is 31.4. The Hall–Kier alpha value is -1.94. The highest BCUT2D eigenvalue weighted by atomic mass is 31.2. The predicted molar refractivity (Wildman–Crippen MR) is 381 cm³/mol. The molecule has 0 aromatic carbocycles. The van der Waals surface area contributed by atoms with Crippen LogP contribution in [0.3, 0.4) is 0 Å². The number of phosphoric acid groups is 2. The fourth-order valence-corrected chi connectivity index (χ4v) is 13.0. The van der Waals surface area contributed by atoms with Crippen LogP contribution < -0.4 is 0 Å². The first kappa shape index (κ1) is 92.1. The normalized spacial score (nSPS) is 14.1. The van der Waals surface area contributed by atoms with Crippen molar-refractivity contribution in [1.82, 2.24) is 0 Å². The molecule has 0 aromatic heterocycles.